The van der Waals surface area contributed by atoms with Gasteiger partial charge in [-0.15, -0.1) is 0 Å². The van der Waals surface area contributed by atoms with Gasteiger partial charge in [0.1, 0.15) is 0 Å². The molecular weight excluding hydrogens is 192 g/mol. The highest BCUT2D eigenvalue weighted by atomic mass is 16.3. The van der Waals surface area contributed by atoms with E-state index in [4.69, 9.17) is 5.11 Å². The number of rotatable bonds is 3. The maximum atomic E-state index is 11.9. The lowest BCUT2D eigenvalue weighted by molar-refractivity contribution is -0.133. The second-order valence-corrected chi connectivity index (χ2v) is 4.56. The first kappa shape index (κ1) is 10.9. The Morgan fingerprint density at radius 1 is 1.40 bits per heavy atom. The topological polar surface area (TPSA) is 52.6 Å². The minimum atomic E-state index is 0.0823. The SMILES string of the molecule is O=C(CC1CCCN1)N1CCC[C@H]1CO. The second-order valence-electron chi connectivity index (χ2n) is 4.56. The van der Waals surface area contributed by atoms with E-state index in [-0.39, 0.29) is 18.6 Å². The summed E-state index contributed by atoms with van der Waals surface area (Å²) >= 11 is 0. The summed E-state index contributed by atoms with van der Waals surface area (Å²) in [4.78, 5) is 13.8. The van der Waals surface area contributed by atoms with E-state index in [9.17, 15) is 4.79 Å². The Bertz CT molecular complexity index is 227. The van der Waals surface area contributed by atoms with Crippen molar-refractivity contribution in [3.8, 4) is 0 Å². The Morgan fingerprint density at radius 3 is 2.93 bits per heavy atom. The molecule has 2 aliphatic rings. The monoisotopic (exact) mass is 212 g/mol. The summed E-state index contributed by atoms with van der Waals surface area (Å²) in [7, 11) is 0. The van der Waals surface area contributed by atoms with Crippen molar-refractivity contribution in [2.75, 3.05) is 19.7 Å². The number of nitrogens with zero attached hydrogens (tertiary/aromatic N) is 1. The number of carbonyl (C=O) groups excluding carboxylic acids is 1. The van der Waals surface area contributed by atoms with E-state index in [1.165, 1.54) is 6.42 Å². The van der Waals surface area contributed by atoms with Gasteiger partial charge in [0, 0.05) is 19.0 Å². The van der Waals surface area contributed by atoms with Crippen molar-refractivity contribution in [2.45, 2.75) is 44.2 Å². The van der Waals surface area contributed by atoms with Gasteiger partial charge < -0.3 is 15.3 Å². The molecule has 4 nitrogen and oxygen atoms in total. The maximum absolute atomic E-state index is 11.9. The first-order valence-electron chi connectivity index (χ1n) is 5.95. The molecule has 2 heterocycles. The number of likely N-dealkylation sites (tertiary alicyclic amines) is 1. The van der Waals surface area contributed by atoms with Crippen LogP contribution in [-0.2, 0) is 4.79 Å². The average molecular weight is 212 g/mol. The third-order valence-corrected chi connectivity index (χ3v) is 3.49. The van der Waals surface area contributed by atoms with Crippen LogP contribution in [0.15, 0.2) is 0 Å². The summed E-state index contributed by atoms with van der Waals surface area (Å²) in [6.07, 6.45) is 4.90. The van der Waals surface area contributed by atoms with Gasteiger partial charge >= 0.3 is 0 Å². The Morgan fingerprint density at radius 2 is 2.27 bits per heavy atom. The highest BCUT2D eigenvalue weighted by molar-refractivity contribution is 5.77. The molecule has 0 aromatic carbocycles. The summed E-state index contributed by atoms with van der Waals surface area (Å²) in [5.41, 5.74) is 0. The largest absolute Gasteiger partial charge is 0.394 e. The summed E-state index contributed by atoms with van der Waals surface area (Å²) < 4.78 is 0. The molecule has 0 radical (unpaired) electrons. The number of nitrogens with one attached hydrogen (secondary N) is 1. The van der Waals surface area contributed by atoms with Crippen molar-refractivity contribution < 1.29 is 9.90 Å². The number of hydrogen-bond donors (Lipinski definition) is 2. The number of carbonyl (C=O) groups is 1. The van der Waals surface area contributed by atoms with Crippen molar-refractivity contribution in [1.82, 2.24) is 10.2 Å². The van der Waals surface area contributed by atoms with Crippen LogP contribution in [0.2, 0.25) is 0 Å². The van der Waals surface area contributed by atoms with Crippen molar-refractivity contribution in [3.63, 3.8) is 0 Å². The zero-order valence-electron chi connectivity index (χ0n) is 9.11. The van der Waals surface area contributed by atoms with Gasteiger partial charge in [0.2, 0.25) is 5.91 Å². The Balaban J connectivity index is 1.83. The van der Waals surface area contributed by atoms with Gasteiger partial charge in [0.25, 0.3) is 0 Å². The quantitative estimate of drug-likeness (QED) is 0.698. The summed E-state index contributed by atoms with van der Waals surface area (Å²) in [5.74, 6) is 0.214. The lowest BCUT2D eigenvalue weighted by atomic mass is 10.1. The van der Waals surface area contributed by atoms with Gasteiger partial charge in [-0.25, -0.2) is 0 Å². The molecule has 0 saturated carbocycles. The van der Waals surface area contributed by atoms with E-state index in [0.717, 1.165) is 32.4 Å². The molecule has 4 heteroatoms. The van der Waals surface area contributed by atoms with Crippen LogP contribution in [0.1, 0.15) is 32.1 Å². The number of aliphatic hydroxyl groups is 1. The van der Waals surface area contributed by atoms with Gasteiger partial charge in [-0.3, -0.25) is 4.79 Å². The second kappa shape index (κ2) is 4.94. The minimum absolute atomic E-state index is 0.0823. The van der Waals surface area contributed by atoms with Crippen molar-refractivity contribution >= 4 is 5.91 Å². The molecule has 2 fully saturated rings. The molecule has 0 aromatic rings. The first-order valence-corrected chi connectivity index (χ1v) is 5.95. The predicted octanol–water partition coefficient (Wildman–Crippen LogP) is 0.112. The molecule has 2 aliphatic heterocycles. The zero-order valence-corrected chi connectivity index (χ0v) is 9.11. The van der Waals surface area contributed by atoms with Crippen molar-refractivity contribution in [3.05, 3.63) is 0 Å². The summed E-state index contributed by atoms with van der Waals surface area (Å²) in [6.45, 7) is 1.99. The molecule has 86 valence electrons. The van der Waals surface area contributed by atoms with E-state index < -0.39 is 0 Å². The Kier molecular flexibility index (Phi) is 3.59. The highest BCUT2D eigenvalue weighted by Gasteiger charge is 2.29. The summed E-state index contributed by atoms with van der Waals surface area (Å²) in [6, 6.07) is 0.455. The fraction of sp³-hybridized carbons (Fsp3) is 0.909. The van der Waals surface area contributed by atoms with Crippen LogP contribution < -0.4 is 5.32 Å². The average Bonchev–Trinajstić information content (AvgIpc) is 2.86. The first-order chi connectivity index (χ1) is 7.31. The van der Waals surface area contributed by atoms with Crippen LogP contribution in [0.25, 0.3) is 0 Å². The van der Waals surface area contributed by atoms with E-state index in [0.29, 0.717) is 12.5 Å². The smallest absolute Gasteiger partial charge is 0.224 e. The van der Waals surface area contributed by atoms with E-state index >= 15 is 0 Å². The third-order valence-electron chi connectivity index (χ3n) is 3.49. The standard InChI is InChI=1S/C11H20N2O2/c14-8-10-4-2-6-13(10)11(15)7-9-3-1-5-12-9/h9-10,12,14H,1-8H2/t9?,10-/m0/s1. The highest BCUT2D eigenvalue weighted by Crippen LogP contribution is 2.19. The molecule has 2 N–H and O–H groups in total. The van der Waals surface area contributed by atoms with Crippen LogP contribution in [0.3, 0.4) is 0 Å². The normalized spacial score (nSPS) is 31.1. The molecule has 2 saturated heterocycles. The Hall–Kier alpha value is -0.610. The molecule has 1 unspecified atom stereocenters. The van der Waals surface area contributed by atoms with Gasteiger partial charge in [-0.05, 0) is 32.2 Å². The molecule has 0 aliphatic carbocycles. The van der Waals surface area contributed by atoms with Crippen LogP contribution in [0.5, 0.6) is 0 Å². The number of hydrogen-bond acceptors (Lipinski definition) is 3. The molecule has 0 spiro atoms. The van der Waals surface area contributed by atoms with Gasteiger partial charge in [0.15, 0.2) is 0 Å². The predicted molar refractivity (Wildman–Crippen MR) is 57.5 cm³/mol. The Labute approximate surface area is 90.6 Å². The van der Waals surface area contributed by atoms with E-state index in [1.54, 1.807) is 0 Å². The van der Waals surface area contributed by atoms with Crippen LogP contribution in [0, 0.1) is 0 Å². The van der Waals surface area contributed by atoms with Crippen molar-refractivity contribution in [2.24, 2.45) is 0 Å². The number of amides is 1. The molecule has 2 atom stereocenters. The van der Waals surface area contributed by atoms with Crippen LogP contribution in [0.4, 0.5) is 0 Å². The molecule has 1 amide bonds. The van der Waals surface area contributed by atoms with E-state index in [2.05, 4.69) is 5.32 Å². The van der Waals surface area contributed by atoms with Gasteiger partial charge in [-0.1, -0.05) is 0 Å². The molecule has 0 aromatic heterocycles. The fourth-order valence-electron chi connectivity index (χ4n) is 2.61. The lowest BCUT2D eigenvalue weighted by Gasteiger charge is -2.24. The molecule has 2 rings (SSSR count). The molecule has 15 heavy (non-hydrogen) atoms. The number of aliphatic hydroxyl groups excluding tert-OH is 1. The lowest BCUT2D eigenvalue weighted by Crippen LogP contribution is -2.40. The van der Waals surface area contributed by atoms with Crippen molar-refractivity contribution in [1.29, 1.82) is 0 Å². The van der Waals surface area contributed by atoms with Crippen LogP contribution in [-0.4, -0.2) is 47.7 Å². The fourth-order valence-corrected chi connectivity index (χ4v) is 2.61. The third kappa shape index (κ3) is 2.49. The van der Waals surface area contributed by atoms with Gasteiger partial charge in [-0.2, -0.15) is 0 Å². The maximum Gasteiger partial charge on any atom is 0.224 e. The van der Waals surface area contributed by atoms with E-state index in [1.807, 2.05) is 4.90 Å². The molecular formula is C11H20N2O2. The molecule has 0 bridgehead atoms. The zero-order chi connectivity index (χ0) is 10.7. The summed E-state index contributed by atoms with van der Waals surface area (Å²) in [5, 5.41) is 12.5. The van der Waals surface area contributed by atoms with Gasteiger partial charge in [0.05, 0.1) is 12.6 Å². The minimum Gasteiger partial charge on any atom is -0.394 e. The van der Waals surface area contributed by atoms with Crippen LogP contribution >= 0.6 is 0 Å².